The Hall–Kier alpha value is -2.15. The second-order valence-corrected chi connectivity index (χ2v) is 6.42. The molecule has 1 aromatic heterocycles. The van der Waals surface area contributed by atoms with E-state index in [1.807, 2.05) is 32.0 Å². The highest BCUT2D eigenvalue weighted by Gasteiger charge is 2.15. The van der Waals surface area contributed by atoms with Crippen LogP contribution in [0.15, 0.2) is 23.3 Å². The van der Waals surface area contributed by atoms with Crippen molar-refractivity contribution in [3.8, 4) is 11.5 Å². The molecule has 2 aromatic rings. The molecule has 136 valence electrons. The van der Waals surface area contributed by atoms with Crippen LogP contribution in [0.1, 0.15) is 57.8 Å². The zero-order valence-electron chi connectivity index (χ0n) is 15.4. The summed E-state index contributed by atoms with van der Waals surface area (Å²) in [6, 6.07) is 5.71. The zero-order chi connectivity index (χ0) is 18.4. The topological polar surface area (TPSA) is 64.4 Å². The molecule has 1 aromatic carbocycles. The molecule has 0 saturated carbocycles. The molecule has 6 nitrogen and oxygen atoms in total. The molecule has 0 atom stereocenters. The average molecular weight is 362 g/mol. The first-order chi connectivity index (χ1) is 12.0. The van der Waals surface area contributed by atoms with Crippen LogP contribution < -0.4 is 9.47 Å². The van der Waals surface area contributed by atoms with Gasteiger partial charge >= 0.3 is 0 Å². The SMILES string of the molecule is CCC(CC)c1n[nH]c(=S)n1/N=C\c1ccc(OC(C)C)c(OC)c1. The Morgan fingerprint density at radius 3 is 2.60 bits per heavy atom. The number of ether oxygens (including phenoxy) is 2. The van der Waals surface area contributed by atoms with Crippen LogP contribution in [0.5, 0.6) is 11.5 Å². The van der Waals surface area contributed by atoms with Crippen molar-refractivity contribution in [1.82, 2.24) is 14.9 Å². The second kappa shape index (κ2) is 8.80. The highest BCUT2D eigenvalue weighted by atomic mass is 32.1. The van der Waals surface area contributed by atoms with Gasteiger partial charge < -0.3 is 9.47 Å². The molecule has 2 rings (SSSR count). The number of hydrogen-bond acceptors (Lipinski definition) is 5. The van der Waals surface area contributed by atoms with E-state index in [2.05, 4.69) is 29.1 Å². The molecule has 1 N–H and O–H groups in total. The predicted molar refractivity (Wildman–Crippen MR) is 102 cm³/mol. The lowest BCUT2D eigenvalue weighted by molar-refractivity contribution is 0.230. The van der Waals surface area contributed by atoms with Gasteiger partial charge in [-0.1, -0.05) is 13.8 Å². The second-order valence-electron chi connectivity index (χ2n) is 6.03. The van der Waals surface area contributed by atoms with Gasteiger partial charge in [0.05, 0.1) is 19.4 Å². The van der Waals surface area contributed by atoms with E-state index in [1.54, 1.807) is 18.0 Å². The number of nitrogens with one attached hydrogen (secondary N) is 1. The molecule has 0 amide bonds. The quantitative estimate of drug-likeness (QED) is 0.554. The third kappa shape index (κ3) is 4.69. The van der Waals surface area contributed by atoms with Crippen molar-refractivity contribution >= 4 is 18.4 Å². The molecule has 1 heterocycles. The van der Waals surface area contributed by atoms with Crippen molar-refractivity contribution in [2.24, 2.45) is 5.10 Å². The van der Waals surface area contributed by atoms with Crippen molar-refractivity contribution in [1.29, 1.82) is 0 Å². The molecule has 0 radical (unpaired) electrons. The van der Waals surface area contributed by atoms with Gasteiger partial charge in [0.1, 0.15) is 0 Å². The first-order valence-electron chi connectivity index (χ1n) is 8.56. The summed E-state index contributed by atoms with van der Waals surface area (Å²) in [6.45, 7) is 8.24. The van der Waals surface area contributed by atoms with Crippen molar-refractivity contribution in [3.63, 3.8) is 0 Å². The van der Waals surface area contributed by atoms with Crippen LogP contribution in [0.3, 0.4) is 0 Å². The van der Waals surface area contributed by atoms with Crippen LogP contribution in [0.2, 0.25) is 0 Å². The number of H-pyrrole nitrogens is 1. The first-order valence-corrected chi connectivity index (χ1v) is 8.97. The summed E-state index contributed by atoms with van der Waals surface area (Å²) in [4.78, 5) is 0. The van der Waals surface area contributed by atoms with Crippen LogP contribution in [0.4, 0.5) is 0 Å². The van der Waals surface area contributed by atoms with Gasteiger partial charge in [-0.25, -0.2) is 0 Å². The average Bonchev–Trinajstić information content (AvgIpc) is 2.95. The molecule has 0 unspecified atom stereocenters. The third-order valence-electron chi connectivity index (χ3n) is 3.90. The molecule has 25 heavy (non-hydrogen) atoms. The van der Waals surface area contributed by atoms with E-state index in [9.17, 15) is 0 Å². The molecule has 0 fully saturated rings. The van der Waals surface area contributed by atoms with Gasteiger partial charge in [-0.05, 0) is 62.7 Å². The standard InChI is InChI=1S/C18H26N4O2S/c1-6-14(7-2)17-20-21-18(25)22(17)19-11-13-8-9-15(24-12(3)4)16(10-13)23-5/h8-12,14H,6-7H2,1-5H3,(H,21,25)/b19-11-. The van der Waals surface area contributed by atoms with E-state index < -0.39 is 0 Å². The normalized spacial score (nSPS) is 11.6. The largest absolute Gasteiger partial charge is 0.493 e. The molecular weight excluding hydrogens is 336 g/mol. The number of rotatable bonds is 8. The maximum Gasteiger partial charge on any atom is 0.216 e. The lowest BCUT2D eigenvalue weighted by Crippen LogP contribution is -2.07. The van der Waals surface area contributed by atoms with Gasteiger partial charge in [-0.15, -0.1) is 0 Å². The Kier molecular flexibility index (Phi) is 6.75. The van der Waals surface area contributed by atoms with Crippen LogP contribution in [0, 0.1) is 4.77 Å². The lowest BCUT2D eigenvalue weighted by Gasteiger charge is -2.13. The molecule has 0 aliphatic heterocycles. The minimum absolute atomic E-state index is 0.0836. The van der Waals surface area contributed by atoms with E-state index in [-0.39, 0.29) is 6.10 Å². The number of methoxy groups -OCH3 is 1. The number of benzene rings is 1. The van der Waals surface area contributed by atoms with Gasteiger partial charge in [0.15, 0.2) is 17.3 Å². The van der Waals surface area contributed by atoms with Gasteiger partial charge in [0.2, 0.25) is 4.77 Å². The van der Waals surface area contributed by atoms with Crippen molar-refractivity contribution < 1.29 is 9.47 Å². The van der Waals surface area contributed by atoms with Crippen molar-refractivity contribution in [2.45, 2.75) is 52.6 Å². The minimum atomic E-state index is 0.0836. The summed E-state index contributed by atoms with van der Waals surface area (Å²) in [7, 11) is 1.63. The Bertz CT molecular complexity index is 776. The third-order valence-corrected chi connectivity index (χ3v) is 4.16. The summed E-state index contributed by atoms with van der Waals surface area (Å²) in [5, 5.41) is 11.7. The fourth-order valence-corrected chi connectivity index (χ4v) is 2.76. The first kappa shape index (κ1) is 19.2. The van der Waals surface area contributed by atoms with E-state index in [0.29, 0.717) is 22.2 Å². The molecule has 0 bridgehead atoms. The summed E-state index contributed by atoms with van der Waals surface area (Å²) >= 11 is 5.31. The van der Waals surface area contributed by atoms with Gasteiger partial charge in [-0.2, -0.15) is 14.9 Å². The van der Waals surface area contributed by atoms with Crippen LogP contribution >= 0.6 is 12.2 Å². The summed E-state index contributed by atoms with van der Waals surface area (Å²) < 4.78 is 13.3. The Morgan fingerprint density at radius 1 is 1.28 bits per heavy atom. The van der Waals surface area contributed by atoms with E-state index in [1.165, 1.54) is 0 Å². The molecule has 0 spiro atoms. The monoisotopic (exact) mass is 362 g/mol. The fraction of sp³-hybridized carbons (Fsp3) is 0.500. The lowest BCUT2D eigenvalue weighted by atomic mass is 10.0. The molecule has 0 saturated heterocycles. The van der Waals surface area contributed by atoms with Crippen molar-refractivity contribution in [2.75, 3.05) is 7.11 Å². The highest BCUT2D eigenvalue weighted by molar-refractivity contribution is 7.71. The minimum Gasteiger partial charge on any atom is -0.493 e. The van der Waals surface area contributed by atoms with E-state index >= 15 is 0 Å². The molecule has 0 aliphatic carbocycles. The Balaban J connectivity index is 2.31. The van der Waals surface area contributed by atoms with Crippen LogP contribution in [0.25, 0.3) is 0 Å². The van der Waals surface area contributed by atoms with Crippen LogP contribution in [-0.2, 0) is 0 Å². The van der Waals surface area contributed by atoms with Crippen molar-refractivity contribution in [3.05, 3.63) is 34.4 Å². The number of hydrogen-bond donors (Lipinski definition) is 1. The molecule has 7 heteroatoms. The molecular formula is C18H26N4O2S. The maximum absolute atomic E-state index is 5.73. The summed E-state index contributed by atoms with van der Waals surface area (Å²) in [5.41, 5.74) is 0.895. The van der Waals surface area contributed by atoms with E-state index in [0.717, 1.165) is 24.2 Å². The summed E-state index contributed by atoms with van der Waals surface area (Å²) in [5.74, 6) is 2.57. The Morgan fingerprint density at radius 2 is 2.00 bits per heavy atom. The smallest absolute Gasteiger partial charge is 0.216 e. The van der Waals surface area contributed by atoms with Gasteiger partial charge in [0, 0.05) is 5.92 Å². The predicted octanol–water partition coefficient (Wildman–Crippen LogP) is 4.52. The van der Waals surface area contributed by atoms with Gasteiger partial charge in [0.25, 0.3) is 0 Å². The number of nitrogens with zero attached hydrogens (tertiary/aromatic N) is 3. The summed E-state index contributed by atoms with van der Waals surface area (Å²) in [6.07, 6.45) is 3.81. The van der Waals surface area contributed by atoms with Crippen LogP contribution in [-0.4, -0.2) is 34.3 Å². The zero-order valence-corrected chi connectivity index (χ0v) is 16.3. The maximum atomic E-state index is 5.73. The number of aromatic nitrogens is 3. The van der Waals surface area contributed by atoms with E-state index in [4.69, 9.17) is 21.7 Å². The highest BCUT2D eigenvalue weighted by Crippen LogP contribution is 2.28. The Labute approximate surface area is 153 Å². The van der Waals surface area contributed by atoms with Gasteiger partial charge in [-0.3, -0.25) is 5.10 Å². The fourth-order valence-electron chi connectivity index (χ4n) is 2.57. The number of aromatic amines is 1. The molecule has 0 aliphatic rings.